The van der Waals surface area contributed by atoms with Crippen molar-refractivity contribution in [3.63, 3.8) is 0 Å². The molecule has 0 spiro atoms. The average molecular weight is 278 g/mol. The van der Waals surface area contributed by atoms with Gasteiger partial charge in [0.1, 0.15) is 12.4 Å². The van der Waals surface area contributed by atoms with Gasteiger partial charge in [-0.25, -0.2) is 0 Å². The van der Waals surface area contributed by atoms with Crippen LogP contribution in [-0.2, 0) is 11.2 Å². The SMILES string of the molecule is CCC(N)Cc1ccc(OCCN2CCOCC2)cc1. The van der Waals surface area contributed by atoms with Crippen molar-refractivity contribution in [1.29, 1.82) is 0 Å². The molecule has 0 aliphatic carbocycles. The van der Waals surface area contributed by atoms with Crippen molar-refractivity contribution in [2.24, 2.45) is 5.73 Å². The third-order valence-corrected chi connectivity index (χ3v) is 3.73. The van der Waals surface area contributed by atoms with Crippen LogP contribution in [0.3, 0.4) is 0 Å². The minimum atomic E-state index is 0.253. The van der Waals surface area contributed by atoms with Crippen LogP contribution in [0.15, 0.2) is 24.3 Å². The summed E-state index contributed by atoms with van der Waals surface area (Å²) >= 11 is 0. The molecule has 1 aliphatic heterocycles. The van der Waals surface area contributed by atoms with E-state index in [2.05, 4.69) is 24.0 Å². The second kappa shape index (κ2) is 8.25. The van der Waals surface area contributed by atoms with E-state index in [9.17, 15) is 0 Å². The van der Waals surface area contributed by atoms with Crippen LogP contribution in [0.25, 0.3) is 0 Å². The van der Waals surface area contributed by atoms with Crippen LogP contribution in [0.5, 0.6) is 5.75 Å². The fraction of sp³-hybridized carbons (Fsp3) is 0.625. The Morgan fingerprint density at radius 1 is 1.25 bits per heavy atom. The Morgan fingerprint density at radius 3 is 2.60 bits per heavy atom. The van der Waals surface area contributed by atoms with E-state index in [0.29, 0.717) is 0 Å². The molecular formula is C16H26N2O2. The van der Waals surface area contributed by atoms with Crippen LogP contribution in [0.2, 0.25) is 0 Å². The van der Waals surface area contributed by atoms with Crippen molar-refractivity contribution in [3.8, 4) is 5.75 Å². The number of hydrogen-bond donors (Lipinski definition) is 1. The molecule has 0 amide bonds. The van der Waals surface area contributed by atoms with Gasteiger partial charge in [-0.05, 0) is 30.5 Å². The number of benzene rings is 1. The Balaban J connectivity index is 1.70. The first-order valence-electron chi connectivity index (χ1n) is 7.55. The molecule has 4 nitrogen and oxygen atoms in total. The van der Waals surface area contributed by atoms with Crippen LogP contribution in [0.4, 0.5) is 0 Å². The van der Waals surface area contributed by atoms with Gasteiger partial charge in [-0.3, -0.25) is 4.90 Å². The third kappa shape index (κ3) is 5.12. The van der Waals surface area contributed by atoms with E-state index in [1.807, 2.05) is 12.1 Å². The number of nitrogens with zero attached hydrogens (tertiary/aromatic N) is 1. The van der Waals surface area contributed by atoms with Crippen LogP contribution in [0.1, 0.15) is 18.9 Å². The number of nitrogens with two attached hydrogens (primary N) is 1. The molecule has 1 heterocycles. The maximum Gasteiger partial charge on any atom is 0.119 e. The topological polar surface area (TPSA) is 47.7 Å². The fourth-order valence-electron chi connectivity index (χ4n) is 2.29. The maximum atomic E-state index is 5.96. The lowest BCUT2D eigenvalue weighted by Gasteiger charge is -2.26. The lowest BCUT2D eigenvalue weighted by Crippen LogP contribution is -2.38. The minimum Gasteiger partial charge on any atom is -0.492 e. The molecule has 1 aliphatic rings. The van der Waals surface area contributed by atoms with Crippen molar-refractivity contribution in [3.05, 3.63) is 29.8 Å². The first-order valence-corrected chi connectivity index (χ1v) is 7.55. The zero-order valence-corrected chi connectivity index (χ0v) is 12.4. The van der Waals surface area contributed by atoms with E-state index in [-0.39, 0.29) is 6.04 Å². The summed E-state index contributed by atoms with van der Waals surface area (Å²) in [6.07, 6.45) is 1.95. The molecule has 112 valence electrons. The zero-order chi connectivity index (χ0) is 14.2. The van der Waals surface area contributed by atoms with E-state index >= 15 is 0 Å². The molecule has 1 aromatic rings. The zero-order valence-electron chi connectivity index (χ0n) is 12.4. The van der Waals surface area contributed by atoms with Gasteiger partial charge in [-0.15, -0.1) is 0 Å². The molecular weight excluding hydrogens is 252 g/mol. The molecule has 4 heteroatoms. The van der Waals surface area contributed by atoms with E-state index in [1.165, 1.54) is 5.56 Å². The summed E-state index contributed by atoms with van der Waals surface area (Å²) in [6, 6.07) is 8.55. The quantitative estimate of drug-likeness (QED) is 0.824. The maximum absolute atomic E-state index is 5.96. The standard InChI is InChI=1S/C16H26N2O2/c1-2-15(17)13-14-3-5-16(6-4-14)20-12-9-18-7-10-19-11-8-18/h3-6,15H,2,7-13,17H2,1H3. The Morgan fingerprint density at radius 2 is 1.95 bits per heavy atom. The second-order valence-corrected chi connectivity index (χ2v) is 5.32. The van der Waals surface area contributed by atoms with Gasteiger partial charge >= 0.3 is 0 Å². The molecule has 0 saturated carbocycles. The Hall–Kier alpha value is -1.10. The van der Waals surface area contributed by atoms with Gasteiger partial charge in [0.25, 0.3) is 0 Å². The molecule has 2 N–H and O–H groups in total. The summed E-state index contributed by atoms with van der Waals surface area (Å²) in [4.78, 5) is 2.37. The molecule has 1 unspecified atom stereocenters. The molecule has 1 saturated heterocycles. The normalized spacial score (nSPS) is 17.9. The van der Waals surface area contributed by atoms with Crippen molar-refractivity contribution < 1.29 is 9.47 Å². The van der Waals surface area contributed by atoms with E-state index < -0.39 is 0 Å². The summed E-state index contributed by atoms with van der Waals surface area (Å²) < 4.78 is 11.1. The number of hydrogen-bond acceptors (Lipinski definition) is 4. The lowest BCUT2D eigenvalue weighted by atomic mass is 10.0. The molecule has 1 atom stereocenters. The monoisotopic (exact) mass is 278 g/mol. The van der Waals surface area contributed by atoms with Gasteiger partial charge in [-0.2, -0.15) is 0 Å². The van der Waals surface area contributed by atoms with E-state index in [0.717, 1.165) is 58.0 Å². The molecule has 2 rings (SSSR count). The van der Waals surface area contributed by atoms with Crippen molar-refractivity contribution >= 4 is 0 Å². The van der Waals surface area contributed by atoms with Gasteiger partial charge < -0.3 is 15.2 Å². The third-order valence-electron chi connectivity index (χ3n) is 3.73. The van der Waals surface area contributed by atoms with E-state index in [4.69, 9.17) is 15.2 Å². The first kappa shape index (κ1) is 15.3. The van der Waals surface area contributed by atoms with Crippen molar-refractivity contribution in [1.82, 2.24) is 4.90 Å². The lowest BCUT2D eigenvalue weighted by molar-refractivity contribution is 0.0322. The molecule has 1 fully saturated rings. The van der Waals surface area contributed by atoms with Crippen LogP contribution < -0.4 is 10.5 Å². The Bertz CT molecular complexity index is 375. The highest BCUT2D eigenvalue weighted by atomic mass is 16.5. The Labute approximate surface area is 121 Å². The number of ether oxygens (including phenoxy) is 2. The second-order valence-electron chi connectivity index (χ2n) is 5.32. The van der Waals surface area contributed by atoms with Crippen LogP contribution in [0, 0.1) is 0 Å². The van der Waals surface area contributed by atoms with E-state index in [1.54, 1.807) is 0 Å². The van der Waals surface area contributed by atoms with Gasteiger partial charge in [0, 0.05) is 25.7 Å². The Kier molecular flexibility index (Phi) is 6.30. The minimum absolute atomic E-state index is 0.253. The number of morpholine rings is 1. The van der Waals surface area contributed by atoms with Gasteiger partial charge in [0.15, 0.2) is 0 Å². The molecule has 20 heavy (non-hydrogen) atoms. The first-order chi connectivity index (χ1) is 9.78. The number of rotatable bonds is 7. The fourth-order valence-corrected chi connectivity index (χ4v) is 2.29. The van der Waals surface area contributed by atoms with Gasteiger partial charge in [0.05, 0.1) is 13.2 Å². The van der Waals surface area contributed by atoms with Crippen molar-refractivity contribution in [2.75, 3.05) is 39.5 Å². The highest BCUT2D eigenvalue weighted by molar-refractivity contribution is 5.27. The summed E-state index contributed by atoms with van der Waals surface area (Å²) in [5.41, 5.74) is 7.24. The summed E-state index contributed by atoms with van der Waals surface area (Å²) in [5, 5.41) is 0. The highest BCUT2D eigenvalue weighted by Gasteiger charge is 2.09. The molecule has 0 bridgehead atoms. The molecule has 0 radical (unpaired) electrons. The van der Waals surface area contributed by atoms with Crippen molar-refractivity contribution in [2.45, 2.75) is 25.8 Å². The molecule has 1 aromatic carbocycles. The highest BCUT2D eigenvalue weighted by Crippen LogP contribution is 2.13. The summed E-state index contributed by atoms with van der Waals surface area (Å²) in [7, 11) is 0. The van der Waals surface area contributed by atoms with Crippen LogP contribution >= 0.6 is 0 Å². The predicted molar refractivity (Wildman–Crippen MR) is 81.2 cm³/mol. The predicted octanol–water partition coefficient (Wildman–Crippen LogP) is 1.68. The van der Waals surface area contributed by atoms with Gasteiger partial charge in [-0.1, -0.05) is 19.1 Å². The average Bonchev–Trinajstić information content (AvgIpc) is 2.50. The smallest absolute Gasteiger partial charge is 0.119 e. The largest absolute Gasteiger partial charge is 0.492 e. The van der Waals surface area contributed by atoms with Crippen LogP contribution in [-0.4, -0.2) is 50.4 Å². The summed E-state index contributed by atoms with van der Waals surface area (Å²) in [5.74, 6) is 0.937. The molecule has 0 aromatic heterocycles. The summed E-state index contributed by atoms with van der Waals surface area (Å²) in [6.45, 7) is 7.51. The van der Waals surface area contributed by atoms with Gasteiger partial charge in [0.2, 0.25) is 0 Å².